The summed E-state index contributed by atoms with van der Waals surface area (Å²) in [5.74, 6) is 0.772. The summed E-state index contributed by atoms with van der Waals surface area (Å²) in [7, 11) is 2.23. The first-order valence-corrected chi connectivity index (χ1v) is 11.2. The molecule has 1 aliphatic carbocycles. The average Bonchev–Trinajstić information content (AvgIpc) is 2.63. The number of hydrogen-bond acceptors (Lipinski definition) is 3. The number of carbonyl (C=O) groups is 1. The second-order valence-electron chi connectivity index (χ2n) is 8.12. The van der Waals surface area contributed by atoms with Crippen molar-refractivity contribution < 1.29 is 4.79 Å². The molecule has 1 aromatic carbocycles. The molecular formula is C21H32Cl2N4O. The fourth-order valence-corrected chi connectivity index (χ4v) is 4.64. The van der Waals surface area contributed by atoms with Crippen LogP contribution in [0.25, 0.3) is 0 Å². The highest BCUT2D eigenvalue weighted by Gasteiger charge is 2.32. The highest BCUT2D eigenvalue weighted by Crippen LogP contribution is 2.35. The van der Waals surface area contributed by atoms with E-state index >= 15 is 0 Å². The molecule has 0 aromatic heterocycles. The maximum atomic E-state index is 11.6. The molecule has 2 fully saturated rings. The molecule has 0 spiro atoms. The summed E-state index contributed by atoms with van der Waals surface area (Å²) in [6.45, 7) is 5.74. The molecule has 2 aliphatic rings. The zero-order valence-corrected chi connectivity index (χ0v) is 18.4. The number of rotatable bonds is 7. The molecular weight excluding hydrogens is 395 g/mol. The number of benzene rings is 1. The molecule has 5 nitrogen and oxygen atoms in total. The van der Waals surface area contributed by atoms with Gasteiger partial charge in [0.2, 0.25) is 0 Å². The first-order valence-electron chi connectivity index (χ1n) is 10.4. The second kappa shape index (κ2) is 10.0. The number of urea groups is 1. The smallest absolute Gasteiger partial charge is 0.314 e. The van der Waals surface area contributed by atoms with Crippen molar-refractivity contribution >= 4 is 34.9 Å². The summed E-state index contributed by atoms with van der Waals surface area (Å²) in [6.07, 6.45) is 5.84. The van der Waals surface area contributed by atoms with E-state index in [2.05, 4.69) is 27.5 Å². The number of likely N-dealkylation sites (N-methyl/N-ethyl adjacent to an activating group) is 1. The number of amides is 2. The molecule has 1 saturated heterocycles. The summed E-state index contributed by atoms with van der Waals surface area (Å²) in [4.78, 5) is 16.4. The Morgan fingerprint density at radius 1 is 1.21 bits per heavy atom. The number of carbonyl (C=O) groups excluding carboxylic acids is 1. The number of nitrogens with zero attached hydrogens (tertiary/aromatic N) is 2. The van der Waals surface area contributed by atoms with Crippen LogP contribution in [0.3, 0.4) is 0 Å². The van der Waals surface area contributed by atoms with E-state index in [1.165, 1.54) is 19.3 Å². The zero-order valence-electron chi connectivity index (χ0n) is 16.9. The van der Waals surface area contributed by atoms with E-state index in [-0.39, 0.29) is 6.03 Å². The van der Waals surface area contributed by atoms with Crippen molar-refractivity contribution in [3.63, 3.8) is 0 Å². The van der Waals surface area contributed by atoms with Gasteiger partial charge < -0.3 is 15.5 Å². The molecule has 1 saturated carbocycles. The van der Waals surface area contributed by atoms with Crippen LogP contribution in [0.15, 0.2) is 18.2 Å². The van der Waals surface area contributed by atoms with Crippen molar-refractivity contribution in [2.75, 3.05) is 38.1 Å². The summed E-state index contributed by atoms with van der Waals surface area (Å²) in [5.41, 5.74) is 1.04. The Kier molecular flexibility index (Phi) is 7.72. The molecule has 28 heavy (non-hydrogen) atoms. The van der Waals surface area contributed by atoms with E-state index in [9.17, 15) is 4.79 Å². The summed E-state index contributed by atoms with van der Waals surface area (Å²) < 4.78 is 0. The van der Waals surface area contributed by atoms with Crippen molar-refractivity contribution in [3.8, 4) is 0 Å². The summed E-state index contributed by atoms with van der Waals surface area (Å²) in [6, 6.07) is 6.71. The lowest BCUT2D eigenvalue weighted by molar-refractivity contribution is 0.178. The van der Waals surface area contributed by atoms with Gasteiger partial charge >= 0.3 is 6.03 Å². The van der Waals surface area contributed by atoms with Crippen LogP contribution in [0, 0.1) is 5.92 Å². The first kappa shape index (κ1) is 21.5. The second-order valence-corrected chi connectivity index (χ2v) is 8.91. The highest BCUT2D eigenvalue weighted by molar-refractivity contribution is 6.43. The lowest BCUT2D eigenvalue weighted by Gasteiger charge is -2.46. The molecule has 3 rings (SSSR count). The molecule has 1 aliphatic heterocycles. The van der Waals surface area contributed by atoms with Gasteiger partial charge in [0.05, 0.1) is 15.7 Å². The van der Waals surface area contributed by atoms with Crippen molar-refractivity contribution in [1.29, 1.82) is 0 Å². The highest BCUT2D eigenvalue weighted by atomic mass is 35.5. The molecule has 7 heteroatoms. The monoisotopic (exact) mass is 426 g/mol. The lowest BCUT2D eigenvalue weighted by atomic mass is 9.84. The fourth-order valence-electron chi connectivity index (χ4n) is 4.23. The van der Waals surface area contributed by atoms with Gasteiger partial charge in [-0.3, -0.25) is 4.90 Å². The maximum absolute atomic E-state index is 11.6. The van der Waals surface area contributed by atoms with Crippen molar-refractivity contribution in [2.45, 2.75) is 51.1 Å². The lowest BCUT2D eigenvalue weighted by Crippen LogP contribution is -2.58. The number of anilines is 1. The molecule has 0 radical (unpaired) electrons. The number of hydrogen-bond donors (Lipinski definition) is 2. The van der Waals surface area contributed by atoms with Crippen LogP contribution in [0.4, 0.5) is 10.5 Å². The van der Waals surface area contributed by atoms with E-state index in [1.54, 1.807) is 0 Å². The van der Waals surface area contributed by atoms with Crippen LogP contribution in [0.1, 0.15) is 39.0 Å². The van der Waals surface area contributed by atoms with Gasteiger partial charge in [-0.25, -0.2) is 4.79 Å². The molecule has 2 N–H and O–H groups in total. The Bertz CT molecular complexity index is 658. The molecule has 1 heterocycles. The van der Waals surface area contributed by atoms with Crippen LogP contribution >= 0.6 is 23.2 Å². The topological polar surface area (TPSA) is 47.6 Å². The zero-order chi connectivity index (χ0) is 20.1. The van der Waals surface area contributed by atoms with Gasteiger partial charge in [0, 0.05) is 31.7 Å². The van der Waals surface area contributed by atoms with Crippen LogP contribution in [-0.2, 0) is 0 Å². The summed E-state index contributed by atoms with van der Waals surface area (Å²) >= 11 is 12.5. The van der Waals surface area contributed by atoms with Gasteiger partial charge in [0.25, 0.3) is 0 Å². The van der Waals surface area contributed by atoms with E-state index in [0.29, 0.717) is 28.7 Å². The third kappa shape index (κ3) is 5.46. The standard InChI is InChI=1S/C21H32Cl2N4O/c1-3-24-21(28)25-16-9-7-15(8-10-16)11-12-26(2)17-13-27(14-17)19-6-4-5-18(22)20(19)23/h4-6,15-17H,3,7-14H2,1-2H3,(H2,24,25,28)/t15-,16-. The van der Waals surface area contributed by atoms with E-state index in [1.807, 2.05) is 25.1 Å². The fraction of sp³-hybridized carbons (Fsp3) is 0.667. The van der Waals surface area contributed by atoms with E-state index in [4.69, 9.17) is 23.2 Å². The molecule has 2 amide bonds. The predicted molar refractivity (Wildman–Crippen MR) is 118 cm³/mol. The van der Waals surface area contributed by atoms with Gasteiger partial charge in [-0.05, 0) is 70.7 Å². The largest absolute Gasteiger partial charge is 0.367 e. The van der Waals surface area contributed by atoms with E-state index < -0.39 is 0 Å². The molecule has 0 atom stereocenters. The molecule has 0 bridgehead atoms. The Morgan fingerprint density at radius 2 is 1.93 bits per heavy atom. The Balaban J connectivity index is 1.34. The van der Waals surface area contributed by atoms with Gasteiger partial charge in [-0.2, -0.15) is 0 Å². The predicted octanol–water partition coefficient (Wildman–Crippen LogP) is 4.38. The van der Waals surface area contributed by atoms with Crippen LogP contribution in [0.2, 0.25) is 10.0 Å². The quantitative estimate of drug-likeness (QED) is 0.679. The van der Waals surface area contributed by atoms with Crippen LogP contribution in [0.5, 0.6) is 0 Å². The maximum Gasteiger partial charge on any atom is 0.314 e. The van der Waals surface area contributed by atoms with Gasteiger partial charge in [0.15, 0.2) is 0 Å². The minimum absolute atomic E-state index is 0.0278. The van der Waals surface area contributed by atoms with Gasteiger partial charge in [-0.1, -0.05) is 29.3 Å². The van der Waals surface area contributed by atoms with Crippen LogP contribution in [-0.4, -0.2) is 56.2 Å². The number of nitrogens with one attached hydrogen (secondary N) is 2. The minimum Gasteiger partial charge on any atom is -0.367 e. The normalized spacial score (nSPS) is 22.8. The SMILES string of the molecule is CCNC(=O)N[C@H]1CC[C@H](CCN(C)C2CN(c3cccc(Cl)c3Cl)C2)CC1. The van der Waals surface area contributed by atoms with Crippen molar-refractivity contribution in [2.24, 2.45) is 5.92 Å². The Hall–Kier alpha value is -1.17. The van der Waals surface area contributed by atoms with Crippen molar-refractivity contribution in [1.82, 2.24) is 15.5 Å². The third-order valence-electron chi connectivity index (χ3n) is 6.17. The molecule has 0 unspecified atom stereocenters. The van der Waals surface area contributed by atoms with E-state index in [0.717, 1.165) is 44.1 Å². The van der Waals surface area contributed by atoms with Gasteiger partial charge in [0.1, 0.15) is 0 Å². The Morgan fingerprint density at radius 3 is 2.61 bits per heavy atom. The van der Waals surface area contributed by atoms with Crippen molar-refractivity contribution in [3.05, 3.63) is 28.2 Å². The Labute approximate surface area is 178 Å². The van der Waals surface area contributed by atoms with Crippen LogP contribution < -0.4 is 15.5 Å². The minimum atomic E-state index is -0.0278. The first-order chi connectivity index (χ1) is 13.5. The summed E-state index contributed by atoms with van der Waals surface area (Å²) in [5, 5.41) is 7.17. The van der Waals surface area contributed by atoms with Gasteiger partial charge in [-0.15, -0.1) is 0 Å². The molecule has 1 aromatic rings. The average molecular weight is 427 g/mol. The third-order valence-corrected chi connectivity index (χ3v) is 6.98. The number of halogens is 2. The molecule has 156 valence electrons.